The van der Waals surface area contributed by atoms with Gasteiger partial charge in [0.1, 0.15) is 0 Å². The van der Waals surface area contributed by atoms with Crippen LogP contribution in [0.15, 0.2) is 0 Å². The molecule has 4 saturated carbocycles. The van der Waals surface area contributed by atoms with Gasteiger partial charge < -0.3 is 18.9 Å². The number of carbonyl (C=O) groups excluding carboxylic acids is 2. The Morgan fingerprint density at radius 2 is 1.35 bits per heavy atom. The average molecular weight is 521 g/mol. The van der Waals surface area contributed by atoms with E-state index in [-0.39, 0.29) is 30.1 Å². The van der Waals surface area contributed by atoms with Gasteiger partial charge in [0.05, 0.1) is 25.0 Å². The lowest BCUT2D eigenvalue weighted by Gasteiger charge is -2.32. The van der Waals surface area contributed by atoms with Crippen LogP contribution < -0.4 is 0 Å². The molecule has 5 rings (SSSR count). The zero-order valence-corrected chi connectivity index (χ0v) is 24.3. The summed E-state index contributed by atoms with van der Waals surface area (Å²) in [7, 11) is 0. The Morgan fingerprint density at radius 3 is 1.81 bits per heavy atom. The largest absolute Gasteiger partial charge is 0.436 e. The molecule has 6 heteroatoms. The fourth-order valence-corrected chi connectivity index (χ4v) is 8.06. The standard InChI is InChI=1S/C16H28O3.C15H24O3/c1-9(2)8-18-12(5)19-16(17)15-7-13-6-14(15)11(4)10(13)3;1-9-10(2)12-7-11(9)8-13(12)15(16)18-14-5-3-4-6-17-14/h9-15H,6-8H2,1-5H3;9-14H,3-8H2,1-2H3. The van der Waals surface area contributed by atoms with E-state index in [2.05, 4.69) is 41.5 Å². The van der Waals surface area contributed by atoms with Gasteiger partial charge in [-0.1, -0.05) is 41.5 Å². The molecule has 0 aromatic heterocycles. The van der Waals surface area contributed by atoms with Gasteiger partial charge in [0, 0.05) is 6.42 Å². The lowest BCUT2D eigenvalue weighted by molar-refractivity contribution is -0.193. The van der Waals surface area contributed by atoms with Crippen molar-refractivity contribution in [2.45, 2.75) is 106 Å². The molecule has 0 aromatic carbocycles. The Balaban J connectivity index is 0.000000173. The molecule has 5 aliphatic rings. The van der Waals surface area contributed by atoms with Crippen molar-refractivity contribution in [2.24, 2.45) is 65.1 Å². The van der Waals surface area contributed by atoms with Crippen molar-refractivity contribution in [3.05, 3.63) is 0 Å². The minimum atomic E-state index is -0.415. The molecule has 4 bridgehead atoms. The fraction of sp³-hybridized carbons (Fsp3) is 0.935. The first kappa shape index (κ1) is 28.9. The molecule has 212 valence electrons. The smallest absolute Gasteiger partial charge is 0.311 e. The quantitative estimate of drug-likeness (QED) is 0.283. The summed E-state index contributed by atoms with van der Waals surface area (Å²) in [4.78, 5) is 24.5. The number of hydrogen-bond acceptors (Lipinski definition) is 6. The van der Waals surface area contributed by atoms with E-state index in [1.165, 1.54) is 12.8 Å². The number of carbonyl (C=O) groups is 2. The molecule has 0 aromatic rings. The molecule has 12 atom stereocenters. The lowest BCUT2D eigenvalue weighted by Crippen LogP contribution is -2.34. The van der Waals surface area contributed by atoms with Crippen LogP contribution in [0.1, 0.15) is 93.4 Å². The third-order valence-corrected chi connectivity index (χ3v) is 10.7. The van der Waals surface area contributed by atoms with E-state index >= 15 is 0 Å². The van der Waals surface area contributed by atoms with Gasteiger partial charge in [-0.2, -0.15) is 0 Å². The van der Waals surface area contributed by atoms with E-state index < -0.39 is 6.29 Å². The van der Waals surface area contributed by atoms with Gasteiger partial charge in [-0.3, -0.25) is 9.59 Å². The second-order valence-electron chi connectivity index (χ2n) is 13.4. The third kappa shape index (κ3) is 6.54. The normalized spacial score (nSPS) is 42.9. The summed E-state index contributed by atoms with van der Waals surface area (Å²) >= 11 is 0. The van der Waals surface area contributed by atoms with Crippen LogP contribution in [0.5, 0.6) is 0 Å². The van der Waals surface area contributed by atoms with E-state index in [0.29, 0.717) is 36.2 Å². The topological polar surface area (TPSA) is 71.1 Å². The number of esters is 2. The summed E-state index contributed by atoms with van der Waals surface area (Å²) in [6.07, 6.45) is 6.90. The van der Waals surface area contributed by atoms with Crippen LogP contribution in [0.4, 0.5) is 0 Å². The molecular weight excluding hydrogens is 468 g/mol. The minimum absolute atomic E-state index is 0.00755. The van der Waals surface area contributed by atoms with Crippen molar-refractivity contribution in [1.82, 2.24) is 0 Å². The molecule has 5 fully saturated rings. The summed E-state index contributed by atoms with van der Waals surface area (Å²) in [5.41, 5.74) is 0. The van der Waals surface area contributed by atoms with Crippen LogP contribution in [-0.2, 0) is 28.5 Å². The predicted octanol–water partition coefficient (Wildman–Crippen LogP) is 6.46. The van der Waals surface area contributed by atoms with Gasteiger partial charge in [-0.05, 0) is 98.7 Å². The summed E-state index contributed by atoms with van der Waals surface area (Å²) < 4.78 is 22.0. The molecule has 1 saturated heterocycles. The maximum Gasteiger partial charge on any atom is 0.311 e. The Kier molecular flexibility index (Phi) is 9.64. The van der Waals surface area contributed by atoms with Crippen molar-refractivity contribution in [1.29, 1.82) is 0 Å². The van der Waals surface area contributed by atoms with Crippen molar-refractivity contribution < 1.29 is 28.5 Å². The van der Waals surface area contributed by atoms with E-state index in [0.717, 1.165) is 62.4 Å². The SMILES string of the molecule is CC(C)COC(C)OC(=O)C1CC2CC1C(C)C2C.CC1C2CC(C(=O)OC3CCCCO3)C(C2)C1C. The van der Waals surface area contributed by atoms with Gasteiger partial charge in [0.25, 0.3) is 0 Å². The van der Waals surface area contributed by atoms with E-state index in [1.54, 1.807) is 0 Å². The maximum atomic E-state index is 12.3. The molecule has 12 unspecified atom stereocenters. The average Bonchev–Trinajstić information content (AvgIpc) is 3.62. The second kappa shape index (κ2) is 12.4. The Bertz CT molecular complexity index is 772. The van der Waals surface area contributed by atoms with Crippen LogP contribution in [0.3, 0.4) is 0 Å². The highest BCUT2D eigenvalue weighted by Crippen LogP contribution is 2.56. The molecule has 1 aliphatic heterocycles. The van der Waals surface area contributed by atoms with Gasteiger partial charge in [-0.25, -0.2) is 0 Å². The van der Waals surface area contributed by atoms with E-state index in [1.807, 2.05) is 6.92 Å². The number of rotatable bonds is 7. The van der Waals surface area contributed by atoms with Crippen LogP contribution in [0.25, 0.3) is 0 Å². The molecule has 0 amide bonds. The van der Waals surface area contributed by atoms with Gasteiger partial charge in [0.15, 0.2) is 6.29 Å². The molecule has 0 radical (unpaired) electrons. The molecule has 0 spiro atoms. The lowest BCUT2D eigenvalue weighted by atomic mass is 9.76. The van der Waals surface area contributed by atoms with Crippen molar-refractivity contribution in [3.63, 3.8) is 0 Å². The Labute approximate surface area is 224 Å². The van der Waals surface area contributed by atoms with Crippen molar-refractivity contribution in [2.75, 3.05) is 13.2 Å². The molecule has 37 heavy (non-hydrogen) atoms. The predicted molar refractivity (Wildman–Crippen MR) is 142 cm³/mol. The summed E-state index contributed by atoms with van der Waals surface area (Å²) in [6.45, 7) is 16.6. The van der Waals surface area contributed by atoms with Crippen LogP contribution in [-0.4, -0.2) is 37.7 Å². The summed E-state index contributed by atoms with van der Waals surface area (Å²) in [6, 6.07) is 0. The zero-order valence-electron chi connectivity index (χ0n) is 24.3. The number of ether oxygens (including phenoxy) is 4. The highest BCUT2D eigenvalue weighted by atomic mass is 16.7. The third-order valence-electron chi connectivity index (χ3n) is 10.7. The first-order chi connectivity index (χ1) is 17.6. The number of hydrogen-bond donors (Lipinski definition) is 0. The summed E-state index contributed by atoms with van der Waals surface area (Å²) in [5.74, 6) is 6.13. The molecular formula is C31H52O6. The zero-order chi connectivity index (χ0) is 26.9. The maximum absolute atomic E-state index is 12.3. The molecule has 6 nitrogen and oxygen atoms in total. The first-order valence-corrected chi connectivity index (χ1v) is 15.2. The number of fused-ring (bicyclic) bond motifs is 4. The van der Waals surface area contributed by atoms with E-state index in [9.17, 15) is 9.59 Å². The van der Waals surface area contributed by atoms with Crippen LogP contribution in [0.2, 0.25) is 0 Å². The molecule has 4 aliphatic carbocycles. The van der Waals surface area contributed by atoms with E-state index in [4.69, 9.17) is 18.9 Å². The minimum Gasteiger partial charge on any atom is -0.436 e. The fourth-order valence-electron chi connectivity index (χ4n) is 8.06. The summed E-state index contributed by atoms with van der Waals surface area (Å²) in [5, 5.41) is 0. The highest BCUT2D eigenvalue weighted by molar-refractivity contribution is 5.74. The van der Waals surface area contributed by atoms with Gasteiger partial charge in [-0.15, -0.1) is 0 Å². The Hall–Kier alpha value is -1.14. The molecule has 1 heterocycles. The second-order valence-corrected chi connectivity index (χ2v) is 13.4. The van der Waals surface area contributed by atoms with Crippen molar-refractivity contribution >= 4 is 11.9 Å². The van der Waals surface area contributed by atoms with Crippen molar-refractivity contribution in [3.8, 4) is 0 Å². The van der Waals surface area contributed by atoms with Gasteiger partial charge >= 0.3 is 11.9 Å². The monoisotopic (exact) mass is 520 g/mol. The highest BCUT2D eigenvalue weighted by Gasteiger charge is 2.53. The van der Waals surface area contributed by atoms with Crippen LogP contribution >= 0.6 is 0 Å². The molecule has 0 N–H and O–H groups in total. The van der Waals surface area contributed by atoms with Gasteiger partial charge in [0.2, 0.25) is 6.29 Å². The first-order valence-electron chi connectivity index (χ1n) is 15.2. The Morgan fingerprint density at radius 1 is 0.784 bits per heavy atom. The van der Waals surface area contributed by atoms with Crippen LogP contribution in [0, 0.1) is 65.1 Å².